The number of carbonyl (C=O) groups excluding carboxylic acids is 2. The fourth-order valence-electron chi connectivity index (χ4n) is 3.28. The van der Waals surface area contributed by atoms with Crippen molar-refractivity contribution in [2.24, 2.45) is 10.9 Å². The molecule has 1 aliphatic rings. The van der Waals surface area contributed by atoms with E-state index in [1.165, 1.54) is 23.5 Å². The van der Waals surface area contributed by atoms with Crippen LogP contribution in [-0.4, -0.2) is 36.0 Å². The highest BCUT2D eigenvalue weighted by molar-refractivity contribution is 9.10. The molecule has 0 radical (unpaired) electrons. The molecule has 0 spiro atoms. The molecule has 0 bridgehead atoms. The minimum atomic E-state index is -0.784. The number of benzene rings is 1. The molecule has 0 fully saturated rings. The van der Waals surface area contributed by atoms with E-state index in [2.05, 4.69) is 26.2 Å². The van der Waals surface area contributed by atoms with Crippen LogP contribution in [0.3, 0.4) is 0 Å². The third-order valence-corrected chi connectivity index (χ3v) is 6.18. The van der Waals surface area contributed by atoms with E-state index in [1.54, 1.807) is 33.0 Å². The van der Waals surface area contributed by atoms with Gasteiger partial charge in [-0.3, -0.25) is 9.79 Å². The van der Waals surface area contributed by atoms with Gasteiger partial charge in [0.1, 0.15) is 11.9 Å². The van der Waals surface area contributed by atoms with Gasteiger partial charge < -0.3 is 14.8 Å². The number of nitrogens with zero attached hydrogens (tertiary/aromatic N) is 2. The predicted molar refractivity (Wildman–Crippen MR) is 123 cm³/mol. The Labute approximate surface area is 197 Å². The number of thiazole rings is 1. The van der Waals surface area contributed by atoms with E-state index in [4.69, 9.17) is 14.5 Å². The summed E-state index contributed by atoms with van der Waals surface area (Å²) in [5.41, 5.74) is 1.34. The molecule has 2 aromatic rings. The van der Waals surface area contributed by atoms with Gasteiger partial charge in [-0.2, -0.15) is 0 Å². The lowest BCUT2D eigenvalue weighted by Gasteiger charge is -2.28. The zero-order valence-corrected chi connectivity index (χ0v) is 20.3. The quantitative estimate of drug-likeness (QED) is 0.510. The number of nitrogens with one attached hydrogen (secondary N) is 1. The zero-order valence-electron chi connectivity index (χ0n) is 17.9. The summed E-state index contributed by atoms with van der Waals surface area (Å²) in [5.74, 6) is -1.41. The maximum atomic E-state index is 13.8. The van der Waals surface area contributed by atoms with Crippen molar-refractivity contribution < 1.29 is 23.5 Å². The van der Waals surface area contributed by atoms with Crippen molar-refractivity contribution in [1.82, 2.24) is 10.3 Å². The Morgan fingerprint density at radius 1 is 1.28 bits per heavy atom. The third-order valence-electron chi connectivity index (χ3n) is 4.71. The summed E-state index contributed by atoms with van der Waals surface area (Å²) >= 11 is 4.77. The Balaban J connectivity index is 2.14. The maximum Gasteiger partial charge on any atom is 0.338 e. The number of allylic oxidation sites excluding steroid dienone is 1. The highest BCUT2D eigenvalue weighted by atomic mass is 79.9. The normalized spacial score (nSPS) is 16.8. The number of halogens is 2. The number of hydrogen-bond acceptors (Lipinski definition) is 8. The summed E-state index contributed by atoms with van der Waals surface area (Å²) < 4.78 is 24.7. The third kappa shape index (κ3) is 5.42. The number of aliphatic imine (C=N–C) groups is 1. The number of aromatic nitrogens is 1. The SMILES string of the molecule is CCOC(=O)C1=C(CC(C)C(=O)OCC)NC(c2nccs2)=N[C@H]1c1ccc(F)cc1Br. The van der Waals surface area contributed by atoms with Gasteiger partial charge in [0.05, 0.1) is 24.7 Å². The van der Waals surface area contributed by atoms with Gasteiger partial charge in [0.2, 0.25) is 0 Å². The van der Waals surface area contributed by atoms with Crippen LogP contribution in [0.1, 0.15) is 43.8 Å². The van der Waals surface area contributed by atoms with Crippen molar-refractivity contribution in [1.29, 1.82) is 0 Å². The number of ether oxygens (including phenoxy) is 2. The first-order valence-electron chi connectivity index (χ1n) is 10.1. The molecule has 170 valence electrons. The second-order valence-electron chi connectivity index (χ2n) is 6.98. The van der Waals surface area contributed by atoms with E-state index in [1.807, 2.05) is 5.38 Å². The van der Waals surface area contributed by atoms with Crippen LogP contribution in [0.2, 0.25) is 0 Å². The van der Waals surface area contributed by atoms with Crippen LogP contribution in [-0.2, 0) is 19.1 Å². The molecule has 2 atom stereocenters. The van der Waals surface area contributed by atoms with E-state index < -0.39 is 23.7 Å². The first kappa shape index (κ1) is 24.1. The minimum absolute atomic E-state index is 0.170. The summed E-state index contributed by atoms with van der Waals surface area (Å²) in [5, 5.41) is 5.62. The Morgan fingerprint density at radius 2 is 2.03 bits per heavy atom. The summed E-state index contributed by atoms with van der Waals surface area (Å²) in [7, 11) is 0. The number of esters is 2. The van der Waals surface area contributed by atoms with E-state index in [0.29, 0.717) is 26.6 Å². The Hall–Kier alpha value is -2.59. The molecule has 2 heterocycles. The molecule has 32 heavy (non-hydrogen) atoms. The first-order chi connectivity index (χ1) is 15.3. The summed E-state index contributed by atoms with van der Waals surface area (Å²) in [4.78, 5) is 34.4. The molecule has 1 unspecified atom stereocenters. The van der Waals surface area contributed by atoms with Crippen molar-refractivity contribution in [2.75, 3.05) is 13.2 Å². The van der Waals surface area contributed by atoms with Gasteiger partial charge in [-0.15, -0.1) is 11.3 Å². The molecule has 0 aliphatic carbocycles. The molecule has 1 aromatic heterocycles. The van der Waals surface area contributed by atoms with Crippen molar-refractivity contribution in [3.8, 4) is 0 Å². The van der Waals surface area contributed by atoms with Crippen LogP contribution >= 0.6 is 27.3 Å². The van der Waals surface area contributed by atoms with Crippen LogP contribution in [0.15, 0.2) is 50.5 Å². The summed E-state index contributed by atoms with van der Waals surface area (Å²) in [6, 6.07) is 3.42. The van der Waals surface area contributed by atoms with E-state index in [9.17, 15) is 14.0 Å². The van der Waals surface area contributed by atoms with Gasteiger partial charge in [-0.25, -0.2) is 14.2 Å². The zero-order chi connectivity index (χ0) is 23.3. The molecule has 1 aromatic carbocycles. The van der Waals surface area contributed by atoms with E-state index in [0.717, 1.165) is 0 Å². The van der Waals surface area contributed by atoms with Gasteiger partial charge in [0, 0.05) is 28.2 Å². The van der Waals surface area contributed by atoms with E-state index in [-0.39, 0.29) is 31.2 Å². The average Bonchev–Trinajstić information content (AvgIpc) is 3.28. The molecule has 0 saturated carbocycles. The highest BCUT2D eigenvalue weighted by Gasteiger charge is 2.35. The minimum Gasteiger partial charge on any atom is -0.466 e. The lowest BCUT2D eigenvalue weighted by molar-refractivity contribution is -0.147. The van der Waals surface area contributed by atoms with Gasteiger partial charge in [0.15, 0.2) is 10.8 Å². The second kappa shape index (κ2) is 10.8. The van der Waals surface area contributed by atoms with Gasteiger partial charge >= 0.3 is 11.9 Å². The Kier molecular flexibility index (Phi) is 8.14. The lowest BCUT2D eigenvalue weighted by Crippen LogP contribution is -2.35. The fourth-order valence-corrected chi connectivity index (χ4v) is 4.43. The summed E-state index contributed by atoms with van der Waals surface area (Å²) in [6.45, 7) is 5.61. The maximum absolute atomic E-state index is 13.8. The smallest absolute Gasteiger partial charge is 0.338 e. The van der Waals surface area contributed by atoms with Crippen LogP contribution in [0.25, 0.3) is 0 Å². The standard InChI is InChI=1S/C22H23BrFN3O4S/c1-4-30-21(28)12(3)10-16-17(22(29)31-5-2)18(14-7-6-13(24)11-15(14)23)27-19(26-16)20-25-8-9-32-20/h6-9,11-12,18H,4-5,10H2,1-3H3,(H,26,27)/t12?,18-/m0/s1. The number of rotatable bonds is 8. The van der Waals surface area contributed by atoms with Crippen molar-refractivity contribution in [3.63, 3.8) is 0 Å². The lowest BCUT2D eigenvalue weighted by atomic mass is 9.92. The number of hydrogen-bond donors (Lipinski definition) is 1. The van der Waals surface area contributed by atoms with Crippen LogP contribution in [0, 0.1) is 11.7 Å². The molecule has 10 heteroatoms. The van der Waals surface area contributed by atoms with Crippen LogP contribution < -0.4 is 5.32 Å². The van der Waals surface area contributed by atoms with Crippen LogP contribution in [0.5, 0.6) is 0 Å². The van der Waals surface area contributed by atoms with Gasteiger partial charge in [0.25, 0.3) is 0 Å². The van der Waals surface area contributed by atoms with E-state index >= 15 is 0 Å². The molecular formula is C22H23BrFN3O4S. The predicted octanol–water partition coefficient (Wildman–Crippen LogP) is 4.54. The molecule has 1 N–H and O–H groups in total. The van der Waals surface area contributed by atoms with Crippen molar-refractivity contribution in [2.45, 2.75) is 33.2 Å². The van der Waals surface area contributed by atoms with Crippen molar-refractivity contribution in [3.05, 3.63) is 61.9 Å². The largest absolute Gasteiger partial charge is 0.466 e. The molecule has 0 saturated heterocycles. The summed E-state index contributed by atoms with van der Waals surface area (Å²) in [6.07, 6.45) is 1.85. The average molecular weight is 524 g/mol. The fraction of sp³-hybridized carbons (Fsp3) is 0.364. The molecule has 0 amide bonds. The highest BCUT2D eigenvalue weighted by Crippen LogP contribution is 2.38. The van der Waals surface area contributed by atoms with Gasteiger partial charge in [-0.1, -0.05) is 28.9 Å². The van der Waals surface area contributed by atoms with Crippen LogP contribution in [0.4, 0.5) is 4.39 Å². The monoisotopic (exact) mass is 523 g/mol. The van der Waals surface area contributed by atoms with Gasteiger partial charge in [-0.05, 0) is 31.5 Å². The first-order valence-corrected chi connectivity index (χ1v) is 11.8. The topological polar surface area (TPSA) is 89.9 Å². The molecule has 1 aliphatic heterocycles. The Bertz CT molecular complexity index is 1060. The molecule has 7 nitrogen and oxygen atoms in total. The number of amidine groups is 1. The van der Waals surface area contributed by atoms with Crippen molar-refractivity contribution >= 4 is 45.0 Å². The second-order valence-corrected chi connectivity index (χ2v) is 8.73. The number of carbonyl (C=O) groups is 2. The molecule has 3 rings (SSSR count). The molecular weight excluding hydrogens is 501 g/mol. The Morgan fingerprint density at radius 3 is 2.66 bits per heavy atom.